The van der Waals surface area contributed by atoms with Crippen LogP contribution in [0.25, 0.3) is 0 Å². The number of hydrogen-bond acceptors (Lipinski definition) is 5. The van der Waals surface area contributed by atoms with Gasteiger partial charge in [0.05, 0.1) is 12.4 Å². The van der Waals surface area contributed by atoms with Gasteiger partial charge in [0.25, 0.3) is 0 Å². The van der Waals surface area contributed by atoms with Crippen molar-refractivity contribution in [2.24, 2.45) is 29.1 Å². The lowest BCUT2D eigenvalue weighted by atomic mass is 9.53. The molecular formula is C27H31F3O5S. The number of carbonyl (C=O) groups is 1. The van der Waals surface area contributed by atoms with Crippen molar-refractivity contribution in [1.82, 2.24) is 0 Å². The molecule has 4 aliphatic carbocycles. The third-order valence-electron chi connectivity index (χ3n) is 8.89. The van der Waals surface area contributed by atoms with E-state index in [1.54, 1.807) is 0 Å². The molecule has 0 aliphatic heterocycles. The van der Waals surface area contributed by atoms with Crippen LogP contribution < -0.4 is 4.18 Å². The zero-order valence-electron chi connectivity index (χ0n) is 20.2. The number of fused-ring (bicyclic) bond motifs is 5. The summed E-state index contributed by atoms with van der Waals surface area (Å²) in [5.74, 6) is 3.35. The smallest absolute Gasteiger partial charge is 0.498 e. The van der Waals surface area contributed by atoms with Crippen molar-refractivity contribution in [3.8, 4) is 5.75 Å². The van der Waals surface area contributed by atoms with Gasteiger partial charge in [-0.15, -0.1) is 0 Å². The van der Waals surface area contributed by atoms with Crippen LogP contribution in [0.4, 0.5) is 13.2 Å². The van der Waals surface area contributed by atoms with E-state index in [4.69, 9.17) is 4.74 Å². The first-order valence-electron chi connectivity index (χ1n) is 12.6. The molecule has 0 aromatic heterocycles. The molecule has 1 aromatic rings. The van der Waals surface area contributed by atoms with Crippen molar-refractivity contribution in [3.05, 3.63) is 53.3 Å². The van der Waals surface area contributed by atoms with Gasteiger partial charge in [-0.25, -0.2) is 0 Å². The van der Waals surface area contributed by atoms with E-state index in [9.17, 15) is 26.4 Å². The fraction of sp³-hybridized carbons (Fsp3) is 0.593. The number of rotatable bonds is 6. The van der Waals surface area contributed by atoms with E-state index in [0.717, 1.165) is 56.3 Å². The highest BCUT2D eigenvalue weighted by Gasteiger charge is 2.55. The van der Waals surface area contributed by atoms with Gasteiger partial charge in [0.2, 0.25) is 0 Å². The Morgan fingerprint density at radius 3 is 2.53 bits per heavy atom. The van der Waals surface area contributed by atoms with E-state index in [1.807, 2.05) is 0 Å². The summed E-state index contributed by atoms with van der Waals surface area (Å²) in [6, 6.07) is 5.48. The molecule has 36 heavy (non-hydrogen) atoms. The standard InChI is InChI=1S/C27H31F3O5S/c1-26-14-12-22-21-9-7-20(16-18(21)4-8-23(22)24(26)10-11-25(26)31)34-15-13-17-2-5-19(6-3-17)35-36(32,33)27(28,29)30/h2-6,16,21-24H,7-15H2,1H3/t21-,22+,23+,24-,26-/m0/s1. The van der Waals surface area contributed by atoms with Crippen LogP contribution in [0.5, 0.6) is 5.75 Å². The summed E-state index contributed by atoms with van der Waals surface area (Å²) < 4.78 is 69.8. The first-order valence-corrected chi connectivity index (χ1v) is 14.1. The molecule has 0 bridgehead atoms. The second-order valence-corrected chi connectivity index (χ2v) is 12.3. The highest BCUT2D eigenvalue weighted by Crippen LogP contribution is 2.59. The molecule has 0 amide bonds. The van der Waals surface area contributed by atoms with Gasteiger partial charge in [0.1, 0.15) is 11.5 Å². The number of ketones is 1. The number of benzene rings is 1. The van der Waals surface area contributed by atoms with Crippen LogP contribution >= 0.6 is 0 Å². The normalized spacial score (nSPS) is 32.1. The number of Topliss-reactive ketones (excluding diaryl/α,β-unsaturated/α-hetero) is 1. The first-order chi connectivity index (χ1) is 17.0. The molecule has 0 N–H and O–H groups in total. The van der Waals surface area contributed by atoms with E-state index in [2.05, 4.69) is 23.3 Å². The lowest BCUT2D eigenvalue weighted by Crippen LogP contribution is -2.45. The van der Waals surface area contributed by atoms with Crippen molar-refractivity contribution in [2.75, 3.05) is 6.61 Å². The lowest BCUT2D eigenvalue weighted by Gasteiger charge is -2.50. The number of halogens is 3. The van der Waals surface area contributed by atoms with Crippen molar-refractivity contribution >= 4 is 15.9 Å². The molecular weight excluding hydrogens is 493 g/mol. The van der Waals surface area contributed by atoms with Gasteiger partial charge in [-0.3, -0.25) is 4.79 Å². The summed E-state index contributed by atoms with van der Waals surface area (Å²) in [6.07, 6.45) is 11.9. The molecule has 4 aliphatic rings. The SMILES string of the molecule is C[C@]12CC[C@H]3[C@@H](CC=C4C=C(OCCc5ccc(OS(=O)(=O)C(F)(F)F)cc5)CC[C@@H]43)[C@@H]1CCC2=O. The zero-order valence-corrected chi connectivity index (χ0v) is 21.0. The highest BCUT2D eigenvalue weighted by atomic mass is 32.2. The van der Waals surface area contributed by atoms with E-state index in [0.29, 0.717) is 42.5 Å². The third kappa shape index (κ3) is 4.59. The Morgan fingerprint density at radius 2 is 1.81 bits per heavy atom. The average Bonchev–Trinajstić information content (AvgIpc) is 3.13. The van der Waals surface area contributed by atoms with Crippen molar-refractivity contribution in [3.63, 3.8) is 0 Å². The van der Waals surface area contributed by atoms with Crippen LogP contribution in [0, 0.1) is 29.1 Å². The van der Waals surface area contributed by atoms with Crippen LogP contribution in [0.3, 0.4) is 0 Å². The van der Waals surface area contributed by atoms with Gasteiger partial charge in [-0.05, 0) is 85.1 Å². The molecule has 0 heterocycles. The minimum absolute atomic E-state index is 0.109. The molecule has 1 aromatic carbocycles. The Labute approximate surface area is 209 Å². The molecule has 5 atom stereocenters. The van der Waals surface area contributed by atoms with Crippen LogP contribution in [0.1, 0.15) is 57.4 Å². The third-order valence-corrected chi connectivity index (χ3v) is 9.87. The molecule has 5 nitrogen and oxygen atoms in total. The Bertz CT molecular complexity index is 1180. The minimum atomic E-state index is -5.67. The van der Waals surface area contributed by atoms with Gasteiger partial charge >= 0.3 is 15.6 Å². The number of hydrogen-bond donors (Lipinski definition) is 0. The Kier molecular flexibility index (Phi) is 6.50. The van der Waals surface area contributed by atoms with E-state index in [1.165, 1.54) is 29.8 Å². The second kappa shape index (κ2) is 9.23. The highest BCUT2D eigenvalue weighted by molar-refractivity contribution is 7.88. The molecule has 0 unspecified atom stereocenters. The van der Waals surface area contributed by atoms with Crippen LogP contribution in [0.15, 0.2) is 47.7 Å². The Morgan fingerprint density at radius 1 is 1.06 bits per heavy atom. The number of carbonyl (C=O) groups excluding carboxylic acids is 1. The van der Waals surface area contributed by atoms with Gasteiger partial charge < -0.3 is 8.92 Å². The van der Waals surface area contributed by atoms with Crippen LogP contribution in [-0.4, -0.2) is 26.3 Å². The monoisotopic (exact) mass is 524 g/mol. The molecule has 2 fully saturated rings. The predicted molar refractivity (Wildman–Crippen MR) is 127 cm³/mol. The van der Waals surface area contributed by atoms with Gasteiger partial charge in [-0.1, -0.05) is 25.1 Å². The molecule has 0 saturated heterocycles. The summed E-state index contributed by atoms with van der Waals surface area (Å²) in [7, 11) is -5.67. The fourth-order valence-electron chi connectivity index (χ4n) is 7.00. The molecule has 196 valence electrons. The fourth-order valence-corrected chi connectivity index (χ4v) is 7.46. The summed E-state index contributed by atoms with van der Waals surface area (Å²) in [4.78, 5) is 12.5. The van der Waals surface area contributed by atoms with Gasteiger partial charge in [-0.2, -0.15) is 21.6 Å². The average molecular weight is 525 g/mol. The topological polar surface area (TPSA) is 69.7 Å². The maximum atomic E-state index is 12.5. The lowest BCUT2D eigenvalue weighted by molar-refractivity contribution is -0.130. The summed E-state index contributed by atoms with van der Waals surface area (Å²) in [5, 5.41) is 0. The molecule has 2 saturated carbocycles. The van der Waals surface area contributed by atoms with Crippen molar-refractivity contribution < 1.29 is 35.3 Å². The van der Waals surface area contributed by atoms with E-state index >= 15 is 0 Å². The molecule has 0 spiro atoms. The number of allylic oxidation sites excluding steroid dienone is 4. The predicted octanol–water partition coefficient (Wildman–Crippen LogP) is 6.11. The summed E-state index contributed by atoms with van der Waals surface area (Å²) >= 11 is 0. The van der Waals surface area contributed by atoms with Crippen LogP contribution in [-0.2, 0) is 26.1 Å². The Balaban J connectivity index is 1.16. The summed E-state index contributed by atoms with van der Waals surface area (Å²) in [6.45, 7) is 2.61. The van der Waals surface area contributed by atoms with Gasteiger partial charge in [0.15, 0.2) is 0 Å². The van der Waals surface area contributed by atoms with E-state index < -0.39 is 15.6 Å². The molecule has 0 radical (unpaired) electrons. The largest absolute Gasteiger partial charge is 0.534 e. The minimum Gasteiger partial charge on any atom is -0.498 e. The van der Waals surface area contributed by atoms with Crippen LogP contribution in [0.2, 0.25) is 0 Å². The summed E-state index contributed by atoms with van der Waals surface area (Å²) in [5.41, 5.74) is -3.41. The Hall–Kier alpha value is -2.29. The number of ether oxygens (including phenoxy) is 1. The zero-order chi connectivity index (χ0) is 25.7. The first kappa shape index (κ1) is 25.4. The molecule has 5 rings (SSSR count). The second-order valence-electron chi connectivity index (χ2n) is 10.8. The number of alkyl halides is 3. The van der Waals surface area contributed by atoms with E-state index in [-0.39, 0.29) is 11.2 Å². The maximum absolute atomic E-state index is 12.5. The maximum Gasteiger partial charge on any atom is 0.534 e. The quantitative estimate of drug-likeness (QED) is 0.332. The van der Waals surface area contributed by atoms with Crippen molar-refractivity contribution in [2.45, 2.75) is 63.8 Å². The molecule has 9 heteroatoms. The van der Waals surface area contributed by atoms with Crippen molar-refractivity contribution in [1.29, 1.82) is 0 Å². The van der Waals surface area contributed by atoms with Gasteiger partial charge in [0, 0.05) is 24.7 Å².